The van der Waals surface area contributed by atoms with Crippen molar-refractivity contribution in [1.29, 1.82) is 0 Å². The van der Waals surface area contributed by atoms with Crippen LogP contribution in [-0.2, 0) is 0 Å². The Hall–Kier alpha value is -1.41. The monoisotopic (exact) mass is 257 g/mol. The highest BCUT2D eigenvalue weighted by atomic mass is 32.2. The third-order valence-corrected chi connectivity index (χ3v) is 3.85. The van der Waals surface area contributed by atoms with Crippen LogP contribution in [0.1, 0.15) is 25.3 Å². The third-order valence-electron chi connectivity index (χ3n) is 2.89. The van der Waals surface area contributed by atoms with Crippen molar-refractivity contribution in [2.75, 3.05) is 11.4 Å². The van der Waals surface area contributed by atoms with Gasteiger partial charge in [0.15, 0.2) is 0 Å². The zero-order valence-electron chi connectivity index (χ0n) is 11.1. The van der Waals surface area contributed by atoms with E-state index in [0.29, 0.717) is 5.92 Å². The predicted octanol–water partition coefficient (Wildman–Crippen LogP) is 4.95. The first kappa shape index (κ1) is 13.0. The van der Waals surface area contributed by atoms with Crippen molar-refractivity contribution in [1.82, 2.24) is 0 Å². The molecular weight excluding hydrogens is 238 g/mol. The second-order valence-electron chi connectivity index (χ2n) is 4.65. The minimum absolute atomic E-state index is 0.570. The van der Waals surface area contributed by atoms with Gasteiger partial charge in [-0.05, 0) is 47.7 Å². The Morgan fingerprint density at radius 3 is 2.33 bits per heavy atom. The van der Waals surface area contributed by atoms with E-state index in [-0.39, 0.29) is 0 Å². The lowest BCUT2D eigenvalue weighted by Crippen LogP contribution is -2.06. The average molecular weight is 257 g/mol. The predicted molar refractivity (Wildman–Crippen MR) is 81.2 cm³/mol. The van der Waals surface area contributed by atoms with E-state index in [2.05, 4.69) is 73.7 Å². The maximum Gasteiger partial charge on any atom is 0.0472 e. The Morgan fingerprint density at radius 1 is 0.944 bits per heavy atom. The molecule has 0 saturated carbocycles. The Kier molecular flexibility index (Phi) is 4.32. The zero-order valence-corrected chi connectivity index (χ0v) is 11.9. The molecule has 0 amide bonds. The quantitative estimate of drug-likeness (QED) is 0.713. The molecule has 0 bridgehead atoms. The van der Waals surface area contributed by atoms with E-state index in [4.69, 9.17) is 0 Å². The summed E-state index contributed by atoms with van der Waals surface area (Å²) in [5.41, 5.74) is 2.63. The second-order valence-corrected chi connectivity index (χ2v) is 5.85. The maximum atomic E-state index is 2.26. The van der Waals surface area contributed by atoms with E-state index >= 15 is 0 Å². The summed E-state index contributed by atoms with van der Waals surface area (Å²) in [5.74, 6) is 0.570. The van der Waals surface area contributed by atoms with Gasteiger partial charge in [-0.15, -0.1) is 0 Å². The summed E-state index contributed by atoms with van der Waals surface area (Å²) in [6.45, 7) is 4.45. The van der Waals surface area contributed by atoms with Crippen LogP contribution < -0.4 is 4.31 Å². The standard InChI is InChI=1S/C16H19NS/c1-13(2)14-8-7-9-15(12-14)17(3)18-16-10-5-4-6-11-16/h4-13H,1-3H3. The maximum absolute atomic E-state index is 2.26. The number of nitrogens with zero attached hydrogens (tertiary/aromatic N) is 1. The smallest absolute Gasteiger partial charge is 0.0472 e. The molecule has 2 aromatic carbocycles. The first-order valence-corrected chi connectivity index (χ1v) is 7.01. The Labute approximate surface area is 114 Å². The third kappa shape index (κ3) is 3.30. The van der Waals surface area contributed by atoms with Gasteiger partial charge in [0.25, 0.3) is 0 Å². The molecule has 0 aliphatic rings. The molecule has 0 N–H and O–H groups in total. The van der Waals surface area contributed by atoms with Gasteiger partial charge in [0.05, 0.1) is 0 Å². The molecule has 0 radical (unpaired) electrons. The van der Waals surface area contributed by atoms with Gasteiger partial charge >= 0.3 is 0 Å². The molecule has 0 fully saturated rings. The molecule has 0 heterocycles. The summed E-state index contributed by atoms with van der Waals surface area (Å²) in [6, 6.07) is 19.2. The minimum Gasteiger partial charge on any atom is -0.315 e. The van der Waals surface area contributed by atoms with E-state index in [1.54, 1.807) is 11.9 Å². The van der Waals surface area contributed by atoms with Gasteiger partial charge < -0.3 is 4.31 Å². The van der Waals surface area contributed by atoms with Crippen LogP contribution >= 0.6 is 11.9 Å². The zero-order chi connectivity index (χ0) is 13.0. The molecule has 1 nitrogen and oxygen atoms in total. The number of hydrogen-bond acceptors (Lipinski definition) is 2. The average Bonchev–Trinajstić information content (AvgIpc) is 2.40. The summed E-state index contributed by atoms with van der Waals surface area (Å²) in [7, 11) is 2.11. The van der Waals surface area contributed by atoms with Crippen molar-refractivity contribution in [2.45, 2.75) is 24.7 Å². The fraction of sp³-hybridized carbons (Fsp3) is 0.250. The van der Waals surface area contributed by atoms with Crippen LogP contribution in [0.25, 0.3) is 0 Å². The molecule has 18 heavy (non-hydrogen) atoms. The molecule has 2 heteroatoms. The van der Waals surface area contributed by atoms with E-state index < -0.39 is 0 Å². The van der Waals surface area contributed by atoms with Crippen molar-refractivity contribution in [3.8, 4) is 0 Å². The van der Waals surface area contributed by atoms with Crippen molar-refractivity contribution in [3.63, 3.8) is 0 Å². The molecule has 0 aliphatic carbocycles. The van der Waals surface area contributed by atoms with E-state index in [0.717, 1.165) is 0 Å². The van der Waals surface area contributed by atoms with E-state index in [1.165, 1.54) is 16.1 Å². The number of rotatable bonds is 4. The molecule has 0 unspecified atom stereocenters. The fourth-order valence-electron chi connectivity index (χ4n) is 1.77. The fourth-order valence-corrected chi connectivity index (χ4v) is 2.59. The van der Waals surface area contributed by atoms with Gasteiger partial charge in [0.1, 0.15) is 0 Å². The van der Waals surface area contributed by atoms with Crippen LogP contribution in [0, 0.1) is 0 Å². The summed E-state index contributed by atoms with van der Waals surface area (Å²) >= 11 is 1.75. The van der Waals surface area contributed by atoms with Crippen LogP contribution in [-0.4, -0.2) is 7.05 Å². The Bertz CT molecular complexity index is 493. The number of benzene rings is 2. The molecule has 0 aliphatic heterocycles. The van der Waals surface area contributed by atoms with Gasteiger partial charge in [0, 0.05) is 17.6 Å². The van der Waals surface area contributed by atoms with Gasteiger partial charge in [-0.25, -0.2) is 0 Å². The normalized spacial score (nSPS) is 10.7. The van der Waals surface area contributed by atoms with E-state index in [9.17, 15) is 0 Å². The molecule has 0 saturated heterocycles. The second kappa shape index (κ2) is 5.96. The van der Waals surface area contributed by atoms with Crippen LogP contribution in [0.15, 0.2) is 59.5 Å². The van der Waals surface area contributed by atoms with Gasteiger partial charge in [0.2, 0.25) is 0 Å². The van der Waals surface area contributed by atoms with Gasteiger partial charge in [-0.3, -0.25) is 0 Å². The van der Waals surface area contributed by atoms with Crippen LogP contribution in [0.2, 0.25) is 0 Å². The van der Waals surface area contributed by atoms with Crippen LogP contribution in [0.5, 0.6) is 0 Å². The highest BCUT2D eigenvalue weighted by molar-refractivity contribution is 8.00. The lowest BCUT2D eigenvalue weighted by atomic mass is 10.0. The lowest BCUT2D eigenvalue weighted by molar-refractivity contribution is 0.866. The molecule has 0 aromatic heterocycles. The first-order valence-electron chi connectivity index (χ1n) is 6.23. The molecular formula is C16H19NS. The van der Waals surface area contributed by atoms with Gasteiger partial charge in [-0.2, -0.15) is 0 Å². The van der Waals surface area contributed by atoms with Crippen molar-refractivity contribution in [2.24, 2.45) is 0 Å². The first-order chi connectivity index (χ1) is 8.66. The SMILES string of the molecule is CC(C)c1cccc(N(C)Sc2ccccc2)c1. The summed E-state index contributed by atoms with van der Waals surface area (Å²) in [5, 5.41) is 0. The Balaban J connectivity index is 2.14. The van der Waals surface area contributed by atoms with E-state index in [1.807, 2.05) is 6.07 Å². The summed E-state index contributed by atoms with van der Waals surface area (Å²) in [6.07, 6.45) is 0. The van der Waals surface area contributed by atoms with Crippen LogP contribution in [0.3, 0.4) is 0 Å². The van der Waals surface area contributed by atoms with Crippen molar-refractivity contribution >= 4 is 17.6 Å². The largest absolute Gasteiger partial charge is 0.315 e. The summed E-state index contributed by atoms with van der Waals surface area (Å²) < 4.78 is 2.21. The molecule has 0 atom stereocenters. The topological polar surface area (TPSA) is 3.24 Å². The van der Waals surface area contributed by atoms with Crippen molar-refractivity contribution < 1.29 is 0 Å². The molecule has 2 rings (SSSR count). The highest BCUT2D eigenvalue weighted by Crippen LogP contribution is 2.28. The Morgan fingerprint density at radius 2 is 1.67 bits per heavy atom. The number of anilines is 1. The summed E-state index contributed by atoms with van der Waals surface area (Å²) in [4.78, 5) is 1.26. The molecule has 0 spiro atoms. The lowest BCUT2D eigenvalue weighted by Gasteiger charge is -2.19. The van der Waals surface area contributed by atoms with Crippen molar-refractivity contribution in [3.05, 3.63) is 60.2 Å². The molecule has 2 aromatic rings. The van der Waals surface area contributed by atoms with Gasteiger partial charge in [-0.1, -0.05) is 44.2 Å². The molecule has 94 valence electrons. The minimum atomic E-state index is 0.570. The highest BCUT2D eigenvalue weighted by Gasteiger charge is 2.05. The van der Waals surface area contributed by atoms with Crippen LogP contribution in [0.4, 0.5) is 5.69 Å². The number of hydrogen-bond donors (Lipinski definition) is 0.